The summed E-state index contributed by atoms with van der Waals surface area (Å²) in [5.74, 6) is -1.11. The predicted octanol–water partition coefficient (Wildman–Crippen LogP) is 0.0327. The number of nitrogens with one attached hydrogen (secondary N) is 1. The first-order valence-electron chi connectivity index (χ1n) is 8.78. The third-order valence-corrected chi connectivity index (χ3v) is 6.34. The molecule has 0 radical (unpaired) electrons. The van der Waals surface area contributed by atoms with Gasteiger partial charge in [-0.2, -0.15) is 4.31 Å². The highest BCUT2D eigenvalue weighted by molar-refractivity contribution is 7.89. The van der Waals surface area contributed by atoms with Crippen LogP contribution in [-0.2, 0) is 30.8 Å². The fraction of sp³-hybridized carbons (Fsp3) is 0.412. The van der Waals surface area contributed by atoms with Crippen molar-refractivity contribution in [3.63, 3.8) is 0 Å². The number of hydrogen-bond donors (Lipinski definition) is 1. The maximum absolute atomic E-state index is 12.9. The van der Waals surface area contributed by atoms with E-state index in [9.17, 15) is 18.0 Å². The molecule has 1 aliphatic heterocycles. The van der Waals surface area contributed by atoms with E-state index in [-0.39, 0.29) is 30.2 Å². The van der Waals surface area contributed by atoms with Gasteiger partial charge in [0.2, 0.25) is 15.9 Å². The van der Waals surface area contributed by atoms with Crippen molar-refractivity contribution in [2.45, 2.75) is 18.4 Å². The van der Waals surface area contributed by atoms with Crippen LogP contribution in [0.5, 0.6) is 0 Å². The molecule has 1 saturated heterocycles. The van der Waals surface area contributed by atoms with Gasteiger partial charge in [0, 0.05) is 18.8 Å². The molecular weight excluding hydrogens is 402 g/mol. The molecule has 11 nitrogen and oxygen atoms in total. The lowest BCUT2D eigenvalue weighted by molar-refractivity contribution is -0.116. The Morgan fingerprint density at radius 1 is 1.28 bits per heavy atom. The number of methoxy groups -OCH3 is 1. The summed E-state index contributed by atoms with van der Waals surface area (Å²) in [6.45, 7) is 2.76. The first kappa shape index (κ1) is 20.9. The minimum atomic E-state index is -3.70. The minimum Gasteiger partial charge on any atom is -0.464 e. The van der Waals surface area contributed by atoms with Crippen molar-refractivity contribution < 1.29 is 27.5 Å². The highest BCUT2D eigenvalue weighted by atomic mass is 32.2. The second-order valence-corrected chi connectivity index (χ2v) is 8.24. The second kappa shape index (κ2) is 8.68. The lowest BCUT2D eigenvalue weighted by Crippen LogP contribution is -2.40. The van der Waals surface area contributed by atoms with Crippen LogP contribution in [0.2, 0.25) is 0 Å². The summed E-state index contributed by atoms with van der Waals surface area (Å²) in [4.78, 5) is 23.8. The number of hydrogen-bond acceptors (Lipinski definition) is 8. The number of aromatic nitrogens is 3. The minimum absolute atomic E-state index is 0.0190. The quantitative estimate of drug-likeness (QED) is 0.644. The van der Waals surface area contributed by atoms with Crippen LogP contribution < -0.4 is 5.32 Å². The molecule has 1 amide bonds. The number of nitrogens with zero attached hydrogens (tertiary/aromatic N) is 4. The molecule has 1 aromatic carbocycles. The number of benzene rings is 1. The van der Waals surface area contributed by atoms with Gasteiger partial charge in [0.05, 0.1) is 31.4 Å². The molecule has 0 spiro atoms. The van der Waals surface area contributed by atoms with Crippen LogP contribution in [0, 0.1) is 6.92 Å². The predicted molar refractivity (Wildman–Crippen MR) is 101 cm³/mol. The van der Waals surface area contributed by atoms with Gasteiger partial charge in [0.25, 0.3) is 0 Å². The normalized spacial score (nSPS) is 15.1. The summed E-state index contributed by atoms with van der Waals surface area (Å²) < 4.78 is 38.1. The van der Waals surface area contributed by atoms with Crippen molar-refractivity contribution in [1.82, 2.24) is 19.3 Å². The monoisotopic (exact) mass is 423 g/mol. The number of ether oxygens (including phenoxy) is 2. The third-order valence-electron chi connectivity index (χ3n) is 4.30. The molecular formula is C17H21N5O6S. The molecule has 0 bridgehead atoms. The smallest absolute Gasteiger partial charge is 0.360 e. The molecule has 1 aliphatic rings. The maximum Gasteiger partial charge on any atom is 0.360 e. The van der Waals surface area contributed by atoms with Gasteiger partial charge in [0.1, 0.15) is 6.54 Å². The molecule has 1 N–H and O–H groups in total. The molecule has 0 unspecified atom stereocenters. The molecule has 3 rings (SSSR count). The van der Waals surface area contributed by atoms with E-state index in [1.807, 2.05) is 0 Å². The number of esters is 1. The van der Waals surface area contributed by atoms with Gasteiger partial charge in [-0.25, -0.2) is 17.9 Å². The summed E-state index contributed by atoms with van der Waals surface area (Å²) in [5, 5.41) is 9.94. The lowest BCUT2D eigenvalue weighted by atomic mass is 10.2. The first-order valence-corrected chi connectivity index (χ1v) is 10.2. The summed E-state index contributed by atoms with van der Waals surface area (Å²) in [6.07, 6.45) is 1.29. The fourth-order valence-electron chi connectivity index (χ4n) is 2.80. The van der Waals surface area contributed by atoms with Crippen molar-refractivity contribution in [2.24, 2.45) is 0 Å². The van der Waals surface area contributed by atoms with E-state index in [2.05, 4.69) is 20.4 Å². The van der Waals surface area contributed by atoms with Crippen LogP contribution in [0.3, 0.4) is 0 Å². The van der Waals surface area contributed by atoms with Crippen molar-refractivity contribution >= 4 is 27.6 Å². The molecule has 0 aliphatic carbocycles. The lowest BCUT2D eigenvalue weighted by Gasteiger charge is -2.26. The summed E-state index contributed by atoms with van der Waals surface area (Å²) in [6, 6.07) is 4.68. The highest BCUT2D eigenvalue weighted by Gasteiger charge is 2.28. The van der Waals surface area contributed by atoms with E-state index in [1.165, 1.54) is 28.4 Å². The number of anilines is 1. The van der Waals surface area contributed by atoms with Crippen molar-refractivity contribution in [1.29, 1.82) is 0 Å². The molecule has 0 saturated carbocycles. The zero-order chi connectivity index (χ0) is 21.0. The molecule has 156 valence electrons. The van der Waals surface area contributed by atoms with Crippen molar-refractivity contribution in [2.75, 3.05) is 38.7 Å². The Bertz CT molecular complexity index is 1010. The van der Waals surface area contributed by atoms with E-state index >= 15 is 0 Å². The van der Waals surface area contributed by atoms with E-state index in [4.69, 9.17) is 4.74 Å². The van der Waals surface area contributed by atoms with E-state index in [1.54, 1.807) is 19.1 Å². The molecule has 2 heterocycles. The Kier molecular flexibility index (Phi) is 6.25. The number of carbonyl (C=O) groups excluding carboxylic acids is 2. The van der Waals surface area contributed by atoms with Crippen LogP contribution in [0.4, 0.5) is 5.69 Å². The Balaban J connectivity index is 1.73. The Morgan fingerprint density at radius 2 is 2.00 bits per heavy atom. The summed E-state index contributed by atoms with van der Waals surface area (Å²) in [5.41, 5.74) is 0.892. The van der Waals surface area contributed by atoms with Gasteiger partial charge in [0.15, 0.2) is 5.69 Å². The Hall–Kier alpha value is -2.83. The van der Waals surface area contributed by atoms with Gasteiger partial charge in [-0.1, -0.05) is 11.3 Å². The van der Waals surface area contributed by atoms with Crippen LogP contribution in [0.15, 0.2) is 29.3 Å². The highest BCUT2D eigenvalue weighted by Crippen LogP contribution is 2.24. The van der Waals surface area contributed by atoms with Crippen LogP contribution >= 0.6 is 0 Å². The number of aryl methyl sites for hydroxylation is 1. The molecule has 12 heteroatoms. The van der Waals surface area contributed by atoms with Crippen molar-refractivity contribution in [3.05, 3.63) is 35.7 Å². The molecule has 29 heavy (non-hydrogen) atoms. The van der Waals surface area contributed by atoms with Gasteiger partial charge in [-0.3, -0.25) is 4.79 Å². The molecule has 1 fully saturated rings. The van der Waals surface area contributed by atoms with Crippen molar-refractivity contribution in [3.8, 4) is 0 Å². The standard InChI is InChI=1S/C17H21N5O6S/c1-12-3-4-13(9-15(12)29(25,26)22-5-7-28-8-6-22)18-16(23)11-21-10-14(19-20-21)17(24)27-2/h3-4,9-10H,5-8,11H2,1-2H3,(H,18,23). The van der Waals surface area contributed by atoms with E-state index < -0.39 is 21.9 Å². The average Bonchev–Trinajstić information content (AvgIpc) is 3.17. The summed E-state index contributed by atoms with van der Waals surface area (Å²) >= 11 is 0. The Labute approximate surface area is 167 Å². The summed E-state index contributed by atoms with van der Waals surface area (Å²) in [7, 11) is -2.48. The third kappa shape index (κ3) is 4.78. The number of amides is 1. The zero-order valence-electron chi connectivity index (χ0n) is 16.0. The number of sulfonamides is 1. The second-order valence-electron chi connectivity index (χ2n) is 6.34. The van der Waals surface area contributed by atoms with Gasteiger partial charge in [-0.05, 0) is 24.6 Å². The van der Waals surface area contributed by atoms with Crippen LogP contribution in [0.1, 0.15) is 16.1 Å². The number of carbonyl (C=O) groups is 2. The van der Waals surface area contributed by atoms with E-state index in [0.717, 1.165) is 0 Å². The maximum atomic E-state index is 12.9. The number of morpholine rings is 1. The molecule has 1 aromatic heterocycles. The van der Waals surface area contributed by atoms with Gasteiger partial charge < -0.3 is 14.8 Å². The fourth-order valence-corrected chi connectivity index (χ4v) is 4.46. The molecule has 0 atom stereocenters. The van der Waals surface area contributed by atoms with E-state index in [0.29, 0.717) is 24.5 Å². The van der Waals surface area contributed by atoms with Gasteiger partial charge >= 0.3 is 5.97 Å². The average molecular weight is 423 g/mol. The van der Waals surface area contributed by atoms with Crippen LogP contribution in [-0.4, -0.2) is 73.0 Å². The van der Waals surface area contributed by atoms with Gasteiger partial charge in [-0.15, -0.1) is 5.10 Å². The number of rotatable bonds is 6. The molecule has 2 aromatic rings. The SMILES string of the molecule is COC(=O)c1cn(CC(=O)Nc2ccc(C)c(S(=O)(=O)N3CCOCC3)c2)nn1. The topological polar surface area (TPSA) is 133 Å². The largest absolute Gasteiger partial charge is 0.464 e. The zero-order valence-corrected chi connectivity index (χ0v) is 16.8. The Morgan fingerprint density at radius 3 is 2.69 bits per heavy atom. The first-order chi connectivity index (χ1) is 13.8. The van der Waals surface area contributed by atoms with Crippen LogP contribution in [0.25, 0.3) is 0 Å².